The fourth-order valence-electron chi connectivity index (χ4n) is 1.55. The van der Waals surface area contributed by atoms with E-state index in [0.29, 0.717) is 6.67 Å². The Morgan fingerprint density at radius 2 is 1.94 bits per heavy atom. The average molecular weight is 222 g/mol. The van der Waals surface area contributed by atoms with Gasteiger partial charge in [-0.15, -0.1) is 0 Å². The molecule has 0 heterocycles. The van der Waals surface area contributed by atoms with Crippen LogP contribution < -0.4 is 15.4 Å². The van der Waals surface area contributed by atoms with E-state index in [9.17, 15) is 0 Å². The molecule has 1 aromatic rings. The second kappa shape index (κ2) is 4.74. The first-order valence-electron chi connectivity index (χ1n) is 5.50. The maximum Gasteiger partial charge on any atom is 0.142 e. The van der Waals surface area contributed by atoms with Crippen LogP contribution in [0.4, 0.5) is 5.69 Å². The van der Waals surface area contributed by atoms with E-state index in [2.05, 4.69) is 32.9 Å². The van der Waals surface area contributed by atoms with Crippen molar-refractivity contribution in [3.8, 4) is 5.75 Å². The van der Waals surface area contributed by atoms with Gasteiger partial charge in [0.1, 0.15) is 5.75 Å². The van der Waals surface area contributed by atoms with Gasteiger partial charge in [0.2, 0.25) is 0 Å². The van der Waals surface area contributed by atoms with Gasteiger partial charge in [0.05, 0.1) is 19.5 Å². The van der Waals surface area contributed by atoms with Crippen molar-refractivity contribution in [3.05, 3.63) is 23.8 Å². The number of nitrogens with two attached hydrogens (primary N) is 1. The SMILES string of the molecule is COc1ccc(C(C)(C)C)cc1N(C)CN. The minimum absolute atomic E-state index is 0.135. The van der Waals surface area contributed by atoms with Gasteiger partial charge >= 0.3 is 0 Å². The third-order valence-electron chi connectivity index (χ3n) is 2.73. The zero-order chi connectivity index (χ0) is 12.3. The molecule has 0 atom stereocenters. The zero-order valence-electron chi connectivity index (χ0n) is 10.9. The molecule has 0 aliphatic heterocycles. The minimum atomic E-state index is 0.135. The lowest BCUT2D eigenvalue weighted by Crippen LogP contribution is -2.26. The molecular weight excluding hydrogens is 200 g/mol. The van der Waals surface area contributed by atoms with Crippen LogP contribution in [-0.2, 0) is 5.41 Å². The first-order chi connectivity index (χ1) is 7.40. The molecule has 0 fully saturated rings. The Labute approximate surface area is 98.2 Å². The number of hydrogen-bond donors (Lipinski definition) is 1. The second-order valence-electron chi connectivity index (χ2n) is 5.02. The van der Waals surface area contributed by atoms with Gasteiger partial charge in [0.25, 0.3) is 0 Å². The van der Waals surface area contributed by atoms with Crippen LogP contribution >= 0.6 is 0 Å². The molecule has 3 heteroatoms. The maximum atomic E-state index is 5.66. The Morgan fingerprint density at radius 3 is 2.38 bits per heavy atom. The summed E-state index contributed by atoms with van der Waals surface area (Å²) in [6.07, 6.45) is 0. The molecule has 0 amide bonds. The molecule has 0 saturated carbocycles. The largest absolute Gasteiger partial charge is 0.495 e. The lowest BCUT2D eigenvalue weighted by molar-refractivity contribution is 0.414. The molecule has 1 rings (SSSR count). The van der Waals surface area contributed by atoms with E-state index >= 15 is 0 Å². The van der Waals surface area contributed by atoms with Crippen molar-refractivity contribution in [1.82, 2.24) is 0 Å². The highest BCUT2D eigenvalue weighted by Crippen LogP contribution is 2.32. The molecule has 90 valence electrons. The first kappa shape index (κ1) is 12.8. The van der Waals surface area contributed by atoms with E-state index in [0.717, 1.165) is 11.4 Å². The predicted molar refractivity (Wildman–Crippen MR) is 69.2 cm³/mol. The van der Waals surface area contributed by atoms with Crippen LogP contribution in [0.15, 0.2) is 18.2 Å². The normalized spacial score (nSPS) is 11.4. The van der Waals surface area contributed by atoms with E-state index in [-0.39, 0.29) is 5.41 Å². The fourth-order valence-corrected chi connectivity index (χ4v) is 1.55. The molecule has 0 saturated heterocycles. The Balaban J connectivity index is 3.21. The summed E-state index contributed by atoms with van der Waals surface area (Å²) < 4.78 is 5.34. The summed E-state index contributed by atoms with van der Waals surface area (Å²) in [5.74, 6) is 0.862. The van der Waals surface area contributed by atoms with Crippen molar-refractivity contribution in [2.45, 2.75) is 26.2 Å². The summed E-state index contributed by atoms with van der Waals surface area (Å²) in [6, 6.07) is 6.25. The van der Waals surface area contributed by atoms with E-state index in [4.69, 9.17) is 10.5 Å². The Bertz CT molecular complexity index is 355. The number of methoxy groups -OCH3 is 1. The number of anilines is 1. The maximum absolute atomic E-state index is 5.66. The third-order valence-corrected chi connectivity index (χ3v) is 2.73. The van der Waals surface area contributed by atoms with Crippen molar-refractivity contribution in [2.24, 2.45) is 5.73 Å². The van der Waals surface area contributed by atoms with Crippen LogP contribution in [0.2, 0.25) is 0 Å². The van der Waals surface area contributed by atoms with Gasteiger partial charge in [-0.3, -0.25) is 0 Å². The summed E-state index contributed by atoms with van der Waals surface area (Å²) in [7, 11) is 3.64. The van der Waals surface area contributed by atoms with Crippen LogP contribution in [0, 0.1) is 0 Å². The molecule has 0 unspecified atom stereocenters. The summed E-state index contributed by atoms with van der Waals surface area (Å²) in [6.45, 7) is 7.06. The summed E-state index contributed by atoms with van der Waals surface area (Å²) in [5, 5.41) is 0. The molecule has 0 radical (unpaired) electrons. The van der Waals surface area contributed by atoms with E-state index in [1.165, 1.54) is 5.56 Å². The summed E-state index contributed by atoms with van der Waals surface area (Å²) in [4.78, 5) is 1.98. The molecule has 0 aliphatic rings. The minimum Gasteiger partial charge on any atom is -0.495 e. The second-order valence-corrected chi connectivity index (χ2v) is 5.02. The van der Waals surface area contributed by atoms with Crippen molar-refractivity contribution >= 4 is 5.69 Å². The molecule has 1 aromatic carbocycles. The van der Waals surface area contributed by atoms with Crippen LogP contribution in [0.3, 0.4) is 0 Å². The van der Waals surface area contributed by atoms with Crippen molar-refractivity contribution in [1.29, 1.82) is 0 Å². The van der Waals surface area contributed by atoms with E-state index in [1.807, 2.05) is 18.0 Å². The lowest BCUT2D eigenvalue weighted by atomic mass is 9.86. The van der Waals surface area contributed by atoms with Crippen LogP contribution in [0.25, 0.3) is 0 Å². The molecule has 16 heavy (non-hydrogen) atoms. The predicted octanol–water partition coefficient (Wildman–Crippen LogP) is 2.35. The number of nitrogens with zero attached hydrogens (tertiary/aromatic N) is 1. The molecule has 2 N–H and O–H groups in total. The van der Waals surface area contributed by atoms with Gasteiger partial charge in [0, 0.05) is 7.05 Å². The number of rotatable bonds is 3. The highest BCUT2D eigenvalue weighted by atomic mass is 16.5. The summed E-state index contributed by atoms with van der Waals surface area (Å²) in [5.41, 5.74) is 8.11. The Kier molecular flexibility index (Phi) is 3.81. The van der Waals surface area contributed by atoms with E-state index < -0.39 is 0 Å². The molecule has 0 bridgehead atoms. The topological polar surface area (TPSA) is 38.5 Å². The van der Waals surface area contributed by atoms with Gasteiger partial charge in [-0.25, -0.2) is 0 Å². The van der Waals surface area contributed by atoms with Crippen LogP contribution in [0.5, 0.6) is 5.75 Å². The standard InChI is InChI=1S/C13H22N2O/c1-13(2,3)10-6-7-12(16-5)11(8-10)15(4)9-14/h6-8H,9,14H2,1-5H3. The van der Waals surface area contributed by atoms with Crippen molar-refractivity contribution < 1.29 is 4.74 Å². The average Bonchev–Trinajstić information content (AvgIpc) is 2.25. The highest BCUT2D eigenvalue weighted by molar-refractivity contribution is 5.60. The number of benzene rings is 1. The van der Waals surface area contributed by atoms with Gasteiger partial charge in [-0.1, -0.05) is 26.8 Å². The smallest absolute Gasteiger partial charge is 0.142 e. The van der Waals surface area contributed by atoms with Crippen LogP contribution in [-0.4, -0.2) is 20.8 Å². The van der Waals surface area contributed by atoms with Crippen molar-refractivity contribution in [2.75, 3.05) is 25.7 Å². The molecule has 0 spiro atoms. The summed E-state index contributed by atoms with van der Waals surface area (Å²) >= 11 is 0. The Morgan fingerprint density at radius 1 is 1.31 bits per heavy atom. The lowest BCUT2D eigenvalue weighted by Gasteiger charge is -2.25. The van der Waals surface area contributed by atoms with Crippen LogP contribution in [0.1, 0.15) is 26.3 Å². The molecule has 3 nitrogen and oxygen atoms in total. The highest BCUT2D eigenvalue weighted by Gasteiger charge is 2.16. The number of hydrogen-bond acceptors (Lipinski definition) is 3. The first-order valence-corrected chi connectivity index (χ1v) is 5.50. The van der Waals surface area contributed by atoms with E-state index in [1.54, 1.807) is 7.11 Å². The Hall–Kier alpha value is -1.22. The van der Waals surface area contributed by atoms with Crippen molar-refractivity contribution in [3.63, 3.8) is 0 Å². The molecular formula is C13H22N2O. The quantitative estimate of drug-likeness (QED) is 0.798. The van der Waals surface area contributed by atoms with Gasteiger partial charge in [0.15, 0.2) is 0 Å². The monoisotopic (exact) mass is 222 g/mol. The zero-order valence-corrected chi connectivity index (χ0v) is 10.9. The van der Waals surface area contributed by atoms with Gasteiger partial charge in [-0.05, 0) is 23.1 Å². The fraction of sp³-hybridized carbons (Fsp3) is 0.538. The molecule has 0 aliphatic carbocycles. The van der Waals surface area contributed by atoms with Gasteiger partial charge < -0.3 is 15.4 Å². The molecule has 0 aromatic heterocycles. The third kappa shape index (κ3) is 2.67. The number of ether oxygens (including phenoxy) is 1. The van der Waals surface area contributed by atoms with Gasteiger partial charge in [-0.2, -0.15) is 0 Å².